The minimum Gasteiger partial charge on any atom is -0.305 e. The Morgan fingerprint density at radius 1 is 1.39 bits per heavy atom. The van der Waals surface area contributed by atoms with Crippen molar-refractivity contribution in [2.45, 2.75) is 32.6 Å². The van der Waals surface area contributed by atoms with Crippen LogP contribution in [0.4, 0.5) is 10.1 Å². The van der Waals surface area contributed by atoms with Gasteiger partial charge < -0.3 is 4.90 Å². The molecule has 4 heteroatoms. The summed E-state index contributed by atoms with van der Waals surface area (Å²) in [6, 6.07) is 4.42. The summed E-state index contributed by atoms with van der Waals surface area (Å²) in [4.78, 5) is 24.9. The number of aryl methyl sites for hydroxylation is 1. The average molecular weight is 249 g/mol. The number of nitrogens with zero attached hydrogens (tertiary/aromatic N) is 1. The summed E-state index contributed by atoms with van der Waals surface area (Å²) in [6.45, 7) is 1.98. The normalized spacial score (nSPS) is 14.6. The second kappa shape index (κ2) is 5.29. The molecule has 18 heavy (non-hydrogen) atoms. The van der Waals surface area contributed by atoms with E-state index in [2.05, 4.69) is 0 Å². The molecule has 1 amide bonds. The topological polar surface area (TPSA) is 37.4 Å². The lowest BCUT2D eigenvalue weighted by Crippen LogP contribution is -2.39. The second-order valence-electron chi connectivity index (χ2n) is 4.54. The number of carbonyl (C=O) groups is 2. The zero-order valence-corrected chi connectivity index (χ0v) is 10.4. The van der Waals surface area contributed by atoms with Gasteiger partial charge in [-0.25, -0.2) is 4.39 Å². The number of fused-ring (bicyclic) bond motifs is 1. The number of anilines is 1. The smallest absolute Gasteiger partial charge is 0.227 e. The molecule has 0 saturated carbocycles. The van der Waals surface area contributed by atoms with Crippen molar-refractivity contribution in [2.24, 2.45) is 0 Å². The average Bonchev–Trinajstić information content (AvgIpc) is 2.33. The molecule has 0 fully saturated rings. The maximum atomic E-state index is 13.3. The fourth-order valence-electron chi connectivity index (χ4n) is 2.22. The van der Waals surface area contributed by atoms with Gasteiger partial charge in [0, 0.05) is 12.8 Å². The van der Waals surface area contributed by atoms with Crippen molar-refractivity contribution >= 4 is 17.4 Å². The maximum absolute atomic E-state index is 13.3. The van der Waals surface area contributed by atoms with Crippen LogP contribution in [-0.4, -0.2) is 18.2 Å². The van der Waals surface area contributed by atoms with Gasteiger partial charge in [0.2, 0.25) is 5.91 Å². The van der Waals surface area contributed by atoms with Gasteiger partial charge in [0.1, 0.15) is 5.82 Å². The van der Waals surface area contributed by atoms with Gasteiger partial charge in [0.25, 0.3) is 0 Å². The number of benzene rings is 1. The van der Waals surface area contributed by atoms with E-state index in [4.69, 9.17) is 0 Å². The van der Waals surface area contributed by atoms with Gasteiger partial charge in [0.05, 0.1) is 12.2 Å². The highest BCUT2D eigenvalue weighted by atomic mass is 19.1. The van der Waals surface area contributed by atoms with Crippen LogP contribution in [0.15, 0.2) is 18.2 Å². The third kappa shape index (κ3) is 2.58. The van der Waals surface area contributed by atoms with Crippen LogP contribution < -0.4 is 4.90 Å². The van der Waals surface area contributed by atoms with E-state index in [-0.39, 0.29) is 24.1 Å². The standard InChI is InChI=1S/C14H16FNO2/c1-2-3-12(17)9-16-13-8-11(15)6-4-10(13)5-7-14(16)18/h4,6,8H,2-3,5,7,9H2,1H3. The van der Waals surface area contributed by atoms with Crippen LogP contribution in [0.5, 0.6) is 0 Å². The minimum atomic E-state index is -0.378. The van der Waals surface area contributed by atoms with Crippen LogP contribution in [0.1, 0.15) is 31.7 Å². The minimum absolute atomic E-state index is 0.0166. The van der Waals surface area contributed by atoms with Gasteiger partial charge in [-0.15, -0.1) is 0 Å². The molecule has 0 spiro atoms. The Labute approximate surface area is 106 Å². The van der Waals surface area contributed by atoms with Crippen molar-refractivity contribution in [1.29, 1.82) is 0 Å². The molecule has 0 bridgehead atoms. The molecule has 1 aliphatic rings. The van der Waals surface area contributed by atoms with Crippen molar-refractivity contribution in [3.05, 3.63) is 29.6 Å². The number of halogens is 1. The largest absolute Gasteiger partial charge is 0.305 e. The third-order valence-corrected chi connectivity index (χ3v) is 3.11. The highest BCUT2D eigenvalue weighted by Crippen LogP contribution is 2.28. The quantitative estimate of drug-likeness (QED) is 0.822. The first-order valence-electron chi connectivity index (χ1n) is 6.22. The van der Waals surface area contributed by atoms with Crippen molar-refractivity contribution in [3.8, 4) is 0 Å². The highest BCUT2D eigenvalue weighted by Gasteiger charge is 2.25. The van der Waals surface area contributed by atoms with Crippen molar-refractivity contribution in [3.63, 3.8) is 0 Å². The molecule has 96 valence electrons. The van der Waals surface area contributed by atoms with Crippen LogP contribution in [0.2, 0.25) is 0 Å². The maximum Gasteiger partial charge on any atom is 0.227 e. The molecular formula is C14H16FNO2. The Bertz CT molecular complexity index is 485. The number of hydrogen-bond donors (Lipinski definition) is 0. The van der Waals surface area contributed by atoms with E-state index in [1.54, 1.807) is 6.07 Å². The summed E-state index contributed by atoms with van der Waals surface area (Å²) < 4.78 is 13.3. The van der Waals surface area contributed by atoms with Crippen molar-refractivity contribution < 1.29 is 14.0 Å². The van der Waals surface area contributed by atoms with E-state index in [1.807, 2.05) is 6.92 Å². The fraction of sp³-hybridized carbons (Fsp3) is 0.429. The summed E-state index contributed by atoms with van der Waals surface area (Å²) in [7, 11) is 0. The monoisotopic (exact) mass is 249 g/mol. The molecule has 2 rings (SSSR count). The zero-order chi connectivity index (χ0) is 13.1. The Morgan fingerprint density at radius 2 is 2.17 bits per heavy atom. The Hall–Kier alpha value is -1.71. The van der Waals surface area contributed by atoms with E-state index >= 15 is 0 Å². The van der Waals surface area contributed by atoms with Crippen molar-refractivity contribution in [1.82, 2.24) is 0 Å². The van der Waals surface area contributed by atoms with Gasteiger partial charge in [-0.3, -0.25) is 9.59 Å². The van der Waals surface area contributed by atoms with Gasteiger partial charge in [-0.05, 0) is 30.5 Å². The first-order chi connectivity index (χ1) is 8.61. The van der Waals surface area contributed by atoms with E-state index in [9.17, 15) is 14.0 Å². The van der Waals surface area contributed by atoms with Crippen LogP contribution in [0.25, 0.3) is 0 Å². The summed E-state index contributed by atoms with van der Waals surface area (Å²) in [5.74, 6) is -0.461. The lowest BCUT2D eigenvalue weighted by atomic mass is 10.0. The zero-order valence-electron chi connectivity index (χ0n) is 10.4. The molecule has 1 aromatic rings. The molecule has 0 aromatic heterocycles. The van der Waals surface area contributed by atoms with Crippen LogP contribution in [-0.2, 0) is 16.0 Å². The molecule has 0 atom stereocenters. The number of rotatable bonds is 4. The first kappa shape index (κ1) is 12.7. The highest BCUT2D eigenvalue weighted by molar-refractivity contribution is 6.01. The van der Waals surface area contributed by atoms with Gasteiger partial charge in [0.15, 0.2) is 5.78 Å². The predicted octanol–water partition coefficient (Wildman–Crippen LogP) is 2.47. The molecule has 0 N–H and O–H groups in total. The number of amides is 1. The van der Waals surface area contributed by atoms with Gasteiger partial charge in [-0.1, -0.05) is 13.0 Å². The predicted molar refractivity (Wildman–Crippen MR) is 67.0 cm³/mol. The summed E-state index contributed by atoms with van der Waals surface area (Å²) >= 11 is 0. The lowest BCUT2D eigenvalue weighted by Gasteiger charge is -2.28. The molecule has 1 aromatic carbocycles. The first-order valence-corrected chi connectivity index (χ1v) is 6.22. The van der Waals surface area contributed by atoms with Crippen molar-refractivity contribution in [2.75, 3.05) is 11.4 Å². The van der Waals surface area contributed by atoms with Crippen LogP contribution in [0, 0.1) is 5.82 Å². The number of carbonyl (C=O) groups excluding carboxylic acids is 2. The second-order valence-corrected chi connectivity index (χ2v) is 4.54. The van der Waals surface area contributed by atoms with Crippen LogP contribution >= 0.6 is 0 Å². The fourth-order valence-corrected chi connectivity index (χ4v) is 2.22. The number of hydrogen-bond acceptors (Lipinski definition) is 2. The SMILES string of the molecule is CCCC(=O)CN1C(=O)CCc2ccc(F)cc21. The van der Waals surface area contributed by atoms with E-state index in [1.165, 1.54) is 17.0 Å². The molecule has 0 radical (unpaired) electrons. The third-order valence-electron chi connectivity index (χ3n) is 3.11. The van der Waals surface area contributed by atoms with E-state index < -0.39 is 0 Å². The number of ketones is 1. The Morgan fingerprint density at radius 3 is 2.89 bits per heavy atom. The van der Waals surface area contributed by atoms with Crippen LogP contribution in [0.3, 0.4) is 0 Å². The van der Waals surface area contributed by atoms with Gasteiger partial charge in [-0.2, -0.15) is 0 Å². The lowest BCUT2D eigenvalue weighted by molar-refractivity contribution is -0.123. The molecule has 0 unspecified atom stereocenters. The Kier molecular flexibility index (Phi) is 3.75. The summed E-state index contributed by atoms with van der Waals surface area (Å²) in [5, 5.41) is 0. The van der Waals surface area contributed by atoms with Gasteiger partial charge >= 0.3 is 0 Å². The summed E-state index contributed by atoms with van der Waals surface area (Å²) in [5.41, 5.74) is 1.48. The van der Waals surface area contributed by atoms with E-state index in [0.717, 1.165) is 12.0 Å². The molecular weight excluding hydrogens is 233 g/mol. The molecule has 0 saturated heterocycles. The van der Waals surface area contributed by atoms with E-state index in [0.29, 0.717) is 24.9 Å². The molecule has 1 aliphatic heterocycles. The number of Topliss-reactive ketones (excluding diaryl/α,β-unsaturated/α-hetero) is 1. The molecule has 1 heterocycles. The Balaban J connectivity index is 2.27. The summed E-state index contributed by atoms with van der Waals surface area (Å²) in [6.07, 6.45) is 2.22. The molecule has 0 aliphatic carbocycles. The molecule has 3 nitrogen and oxygen atoms in total.